The first-order chi connectivity index (χ1) is 12.2. The van der Waals surface area contributed by atoms with Crippen LogP contribution in [0.2, 0.25) is 0 Å². The van der Waals surface area contributed by atoms with Gasteiger partial charge in [0.25, 0.3) is 0 Å². The fourth-order valence-corrected chi connectivity index (χ4v) is 2.39. The summed E-state index contributed by atoms with van der Waals surface area (Å²) in [5.74, 6) is -0.410. The van der Waals surface area contributed by atoms with Gasteiger partial charge in [0.2, 0.25) is 0 Å². The van der Waals surface area contributed by atoms with Crippen LogP contribution in [0.25, 0.3) is 0 Å². The predicted octanol–water partition coefficient (Wildman–Crippen LogP) is 2.62. The molecule has 8 heteroatoms. The van der Waals surface area contributed by atoms with Gasteiger partial charge in [-0.05, 0) is 44.9 Å². The summed E-state index contributed by atoms with van der Waals surface area (Å²) in [5, 5.41) is 2.51. The molecule has 0 aromatic heterocycles. The SMILES string of the molecule is COC(=O)c1ccc(CCN2C(=O)OCCN2C(=O)OC(C)(C)C)cc1. The predicted molar refractivity (Wildman–Crippen MR) is 92.5 cm³/mol. The maximum Gasteiger partial charge on any atom is 0.429 e. The number of carbonyl (C=O) groups excluding carboxylic acids is 3. The van der Waals surface area contributed by atoms with Crippen LogP contribution >= 0.6 is 0 Å². The second-order valence-corrected chi connectivity index (χ2v) is 6.78. The van der Waals surface area contributed by atoms with E-state index in [1.54, 1.807) is 45.0 Å². The van der Waals surface area contributed by atoms with Gasteiger partial charge in [-0.25, -0.2) is 24.4 Å². The van der Waals surface area contributed by atoms with Crippen LogP contribution in [0.4, 0.5) is 9.59 Å². The molecule has 142 valence electrons. The molecule has 0 atom stereocenters. The molecule has 0 unspecified atom stereocenters. The van der Waals surface area contributed by atoms with Crippen molar-refractivity contribution in [1.29, 1.82) is 0 Å². The second kappa shape index (κ2) is 8.07. The molecule has 1 aromatic rings. The lowest BCUT2D eigenvalue weighted by atomic mass is 10.1. The Hall–Kier alpha value is -2.77. The minimum Gasteiger partial charge on any atom is -0.465 e. The van der Waals surface area contributed by atoms with E-state index < -0.39 is 23.8 Å². The molecule has 1 aromatic carbocycles. The molecule has 0 bridgehead atoms. The van der Waals surface area contributed by atoms with E-state index >= 15 is 0 Å². The second-order valence-electron chi connectivity index (χ2n) is 6.78. The lowest BCUT2D eigenvalue weighted by Crippen LogP contribution is -2.56. The highest BCUT2D eigenvalue weighted by Gasteiger charge is 2.34. The van der Waals surface area contributed by atoms with Gasteiger partial charge >= 0.3 is 18.2 Å². The molecule has 0 aliphatic carbocycles. The lowest BCUT2D eigenvalue weighted by Gasteiger charge is -2.38. The number of benzene rings is 1. The van der Waals surface area contributed by atoms with Crippen LogP contribution < -0.4 is 0 Å². The summed E-state index contributed by atoms with van der Waals surface area (Å²) < 4.78 is 15.0. The third kappa shape index (κ3) is 5.11. The van der Waals surface area contributed by atoms with Gasteiger partial charge in [-0.2, -0.15) is 0 Å². The van der Waals surface area contributed by atoms with Crippen molar-refractivity contribution in [3.8, 4) is 0 Å². The zero-order valence-corrected chi connectivity index (χ0v) is 15.5. The van der Waals surface area contributed by atoms with Crippen LogP contribution in [0.1, 0.15) is 36.7 Å². The summed E-state index contributed by atoms with van der Waals surface area (Å²) in [6.07, 6.45) is -0.695. The Labute approximate surface area is 152 Å². The molecule has 26 heavy (non-hydrogen) atoms. The van der Waals surface area contributed by atoms with Gasteiger partial charge in [-0.15, -0.1) is 0 Å². The largest absolute Gasteiger partial charge is 0.465 e. The first-order valence-electron chi connectivity index (χ1n) is 8.33. The lowest BCUT2D eigenvalue weighted by molar-refractivity contribution is -0.0757. The number of nitrogens with zero attached hydrogens (tertiary/aromatic N) is 2. The summed E-state index contributed by atoms with van der Waals surface area (Å²) >= 11 is 0. The fourth-order valence-electron chi connectivity index (χ4n) is 2.39. The first-order valence-corrected chi connectivity index (χ1v) is 8.33. The summed E-state index contributed by atoms with van der Waals surface area (Å²) in [6, 6.07) is 6.86. The highest BCUT2D eigenvalue weighted by molar-refractivity contribution is 5.89. The highest BCUT2D eigenvalue weighted by atomic mass is 16.6. The van der Waals surface area contributed by atoms with Gasteiger partial charge in [-0.1, -0.05) is 12.1 Å². The zero-order chi connectivity index (χ0) is 19.3. The number of hydrogen-bond acceptors (Lipinski definition) is 6. The maximum atomic E-state index is 12.3. The summed E-state index contributed by atoms with van der Waals surface area (Å²) in [7, 11) is 1.32. The molecule has 8 nitrogen and oxygen atoms in total. The molecule has 0 spiro atoms. The molecule has 0 radical (unpaired) electrons. The minimum absolute atomic E-state index is 0.127. The van der Waals surface area contributed by atoms with Crippen LogP contribution in [0, 0.1) is 0 Å². The van der Waals surface area contributed by atoms with Crippen LogP contribution in [0.5, 0.6) is 0 Å². The molecule has 0 N–H and O–H groups in total. The van der Waals surface area contributed by atoms with Crippen molar-refractivity contribution < 1.29 is 28.6 Å². The summed E-state index contributed by atoms with van der Waals surface area (Å²) in [4.78, 5) is 35.9. The number of methoxy groups -OCH3 is 1. The van der Waals surface area contributed by atoms with E-state index in [0.29, 0.717) is 12.0 Å². The summed E-state index contributed by atoms with van der Waals surface area (Å²) in [6.45, 7) is 5.90. The molecule has 0 saturated carbocycles. The third-order valence-corrected chi connectivity index (χ3v) is 3.62. The molecule has 1 fully saturated rings. The van der Waals surface area contributed by atoms with Gasteiger partial charge < -0.3 is 14.2 Å². The van der Waals surface area contributed by atoms with Crippen LogP contribution in [-0.4, -0.2) is 60.6 Å². The standard InChI is InChI=1S/C18H24N2O6/c1-18(2,3)26-17(23)20-11-12-25-16(22)19(20)10-9-13-5-7-14(8-6-13)15(21)24-4/h5-8H,9-12H2,1-4H3. The number of rotatable bonds is 4. The number of amides is 2. The Bertz CT molecular complexity index is 665. The number of ether oxygens (including phenoxy) is 3. The average Bonchev–Trinajstić information content (AvgIpc) is 2.58. The Morgan fingerprint density at radius 3 is 2.42 bits per heavy atom. The molecule has 1 aliphatic rings. The maximum absolute atomic E-state index is 12.3. The Morgan fingerprint density at radius 2 is 1.85 bits per heavy atom. The van der Waals surface area contributed by atoms with Crippen molar-refractivity contribution in [2.75, 3.05) is 26.8 Å². The third-order valence-electron chi connectivity index (χ3n) is 3.62. The smallest absolute Gasteiger partial charge is 0.429 e. The minimum atomic E-state index is -0.659. The van der Waals surface area contributed by atoms with E-state index in [1.807, 2.05) is 0 Å². The van der Waals surface area contributed by atoms with Gasteiger partial charge in [0, 0.05) is 0 Å². The van der Waals surface area contributed by atoms with E-state index in [1.165, 1.54) is 17.1 Å². The van der Waals surface area contributed by atoms with Gasteiger partial charge in [0.05, 0.1) is 25.8 Å². The average molecular weight is 364 g/mol. The van der Waals surface area contributed by atoms with E-state index in [2.05, 4.69) is 4.74 Å². The number of hydrogen-bond donors (Lipinski definition) is 0. The molecule has 2 amide bonds. The van der Waals surface area contributed by atoms with Crippen molar-refractivity contribution in [3.05, 3.63) is 35.4 Å². The quantitative estimate of drug-likeness (QED) is 0.603. The van der Waals surface area contributed by atoms with E-state index in [4.69, 9.17) is 9.47 Å². The van der Waals surface area contributed by atoms with Crippen LogP contribution in [0.3, 0.4) is 0 Å². The van der Waals surface area contributed by atoms with Gasteiger partial charge in [0.1, 0.15) is 12.2 Å². The number of hydrazine groups is 1. The fraction of sp³-hybridized carbons (Fsp3) is 0.500. The van der Waals surface area contributed by atoms with Crippen LogP contribution in [-0.2, 0) is 20.6 Å². The monoisotopic (exact) mass is 364 g/mol. The van der Waals surface area contributed by atoms with Crippen molar-refractivity contribution >= 4 is 18.2 Å². The van der Waals surface area contributed by atoms with Gasteiger partial charge in [0.15, 0.2) is 0 Å². The normalized spacial score (nSPS) is 14.7. The first kappa shape index (κ1) is 19.6. The Balaban J connectivity index is 2.03. The van der Waals surface area contributed by atoms with Crippen LogP contribution in [0.15, 0.2) is 24.3 Å². The Kier molecular flexibility index (Phi) is 6.07. The molecule has 1 aliphatic heterocycles. The topological polar surface area (TPSA) is 85.4 Å². The van der Waals surface area contributed by atoms with Crippen molar-refractivity contribution in [2.45, 2.75) is 32.8 Å². The van der Waals surface area contributed by atoms with E-state index in [-0.39, 0.29) is 19.7 Å². The molecule has 1 saturated heterocycles. The van der Waals surface area contributed by atoms with Gasteiger partial charge in [-0.3, -0.25) is 0 Å². The van der Waals surface area contributed by atoms with Crippen molar-refractivity contribution in [1.82, 2.24) is 10.0 Å². The number of cyclic esters (lactones) is 1. The molecular weight excluding hydrogens is 340 g/mol. The van der Waals surface area contributed by atoms with Crippen molar-refractivity contribution in [2.24, 2.45) is 0 Å². The molecule has 2 rings (SSSR count). The highest BCUT2D eigenvalue weighted by Crippen LogP contribution is 2.16. The van der Waals surface area contributed by atoms with Crippen molar-refractivity contribution in [3.63, 3.8) is 0 Å². The van der Waals surface area contributed by atoms with E-state index in [0.717, 1.165) is 5.56 Å². The summed E-state index contributed by atoms with van der Waals surface area (Å²) in [5.41, 5.74) is 0.692. The number of esters is 1. The number of carbonyl (C=O) groups is 3. The molecular formula is C18H24N2O6. The Morgan fingerprint density at radius 1 is 1.19 bits per heavy atom. The molecule has 1 heterocycles. The zero-order valence-electron chi connectivity index (χ0n) is 15.5. The van der Waals surface area contributed by atoms with E-state index in [9.17, 15) is 14.4 Å².